The third kappa shape index (κ3) is 5.38. The number of carbonyl (C=O) groups excluding carboxylic acids is 2. The van der Waals surface area contributed by atoms with Crippen LogP contribution in [0.2, 0.25) is 10.0 Å². The fourth-order valence-electron chi connectivity index (χ4n) is 2.66. The Kier molecular flexibility index (Phi) is 7.72. The SMILES string of the molecule is CCC(C)OC(=O)C(Cl)(Cl)C(=O)Nc1cccc(-c2cc(-c3c(Cl)cccc3Cl)no2)c1. The van der Waals surface area contributed by atoms with Gasteiger partial charge in [-0.15, -0.1) is 0 Å². The number of nitrogens with one attached hydrogen (secondary N) is 1. The van der Waals surface area contributed by atoms with Crippen molar-refractivity contribution in [2.45, 2.75) is 30.7 Å². The van der Waals surface area contributed by atoms with Gasteiger partial charge in [-0.3, -0.25) is 4.79 Å². The van der Waals surface area contributed by atoms with Gasteiger partial charge in [-0.1, -0.05) is 76.7 Å². The lowest BCUT2D eigenvalue weighted by molar-refractivity contribution is -0.150. The average molecular weight is 516 g/mol. The quantitative estimate of drug-likeness (QED) is 0.213. The molecule has 10 heteroatoms. The second kappa shape index (κ2) is 10.1. The maximum absolute atomic E-state index is 12.5. The summed E-state index contributed by atoms with van der Waals surface area (Å²) in [7, 11) is 0. The Bertz CT molecular complexity index is 1130. The van der Waals surface area contributed by atoms with Crippen LogP contribution in [0.15, 0.2) is 53.1 Å². The molecule has 0 aliphatic carbocycles. The Morgan fingerprint density at radius 1 is 1.12 bits per heavy atom. The molecule has 6 nitrogen and oxygen atoms in total. The highest BCUT2D eigenvalue weighted by atomic mass is 35.5. The van der Waals surface area contributed by atoms with Crippen LogP contribution >= 0.6 is 46.4 Å². The van der Waals surface area contributed by atoms with Crippen LogP contribution in [0.5, 0.6) is 0 Å². The zero-order chi connectivity index (χ0) is 23.5. The predicted octanol–water partition coefficient (Wildman–Crippen LogP) is 6.77. The first kappa shape index (κ1) is 24.4. The van der Waals surface area contributed by atoms with E-state index in [-0.39, 0.29) is 0 Å². The van der Waals surface area contributed by atoms with Gasteiger partial charge in [-0.05, 0) is 37.6 Å². The molecule has 1 atom stereocenters. The van der Waals surface area contributed by atoms with Crippen LogP contribution in [-0.2, 0) is 14.3 Å². The number of rotatable bonds is 7. The van der Waals surface area contributed by atoms with Crippen LogP contribution in [0, 0.1) is 0 Å². The summed E-state index contributed by atoms with van der Waals surface area (Å²) < 4.78 is 8.10. The molecule has 0 saturated carbocycles. The minimum absolute atomic E-state index is 0.336. The zero-order valence-corrected chi connectivity index (χ0v) is 20.0. The summed E-state index contributed by atoms with van der Waals surface area (Å²) in [6, 6.07) is 13.4. The molecule has 0 spiro atoms. The molecular weight excluding hydrogens is 498 g/mol. The number of esters is 1. The molecule has 2 aromatic carbocycles. The van der Waals surface area contributed by atoms with E-state index in [1.165, 1.54) is 0 Å². The third-order valence-corrected chi connectivity index (χ3v) is 5.84. The van der Waals surface area contributed by atoms with Crippen molar-refractivity contribution >= 4 is 64.0 Å². The van der Waals surface area contributed by atoms with Crippen molar-refractivity contribution in [2.24, 2.45) is 0 Å². The summed E-state index contributed by atoms with van der Waals surface area (Å²) in [6.07, 6.45) is 0.125. The number of alkyl halides is 2. The molecule has 168 valence electrons. The maximum Gasteiger partial charge on any atom is 0.352 e. The Morgan fingerprint density at radius 2 is 1.78 bits per heavy atom. The van der Waals surface area contributed by atoms with Crippen LogP contribution in [0.25, 0.3) is 22.6 Å². The average Bonchev–Trinajstić information content (AvgIpc) is 3.23. The van der Waals surface area contributed by atoms with Crippen molar-refractivity contribution in [1.29, 1.82) is 0 Å². The van der Waals surface area contributed by atoms with Gasteiger partial charge < -0.3 is 14.6 Å². The number of amides is 1. The Morgan fingerprint density at radius 3 is 2.44 bits per heavy atom. The smallest absolute Gasteiger partial charge is 0.352 e. The molecule has 0 fully saturated rings. The van der Waals surface area contributed by atoms with Crippen molar-refractivity contribution in [2.75, 3.05) is 5.32 Å². The molecule has 0 aliphatic rings. The van der Waals surface area contributed by atoms with Crippen molar-refractivity contribution in [3.8, 4) is 22.6 Å². The Hall–Kier alpha value is -2.25. The molecule has 0 radical (unpaired) electrons. The molecule has 0 aliphatic heterocycles. The molecular formula is C22H18Cl4N2O4. The summed E-state index contributed by atoms with van der Waals surface area (Å²) in [4.78, 5) is 24.7. The molecule has 3 rings (SSSR count). The standard InChI is InChI=1S/C22H18Cl4N2O4/c1-3-12(2)31-21(30)22(25,26)20(29)27-14-7-4-6-13(10-14)18-11-17(28-32-18)19-15(23)8-5-9-16(19)24/h4-12H,3H2,1-2H3,(H,27,29). The number of benzene rings is 2. The van der Waals surface area contributed by atoms with Crippen LogP contribution in [0.1, 0.15) is 20.3 Å². The summed E-state index contributed by atoms with van der Waals surface area (Å²) in [5.41, 5.74) is 1.94. The predicted molar refractivity (Wildman–Crippen MR) is 126 cm³/mol. The summed E-state index contributed by atoms with van der Waals surface area (Å²) >= 11 is 24.4. The van der Waals surface area contributed by atoms with E-state index in [1.54, 1.807) is 55.5 Å². The van der Waals surface area contributed by atoms with Crippen molar-refractivity contribution < 1.29 is 18.8 Å². The van der Waals surface area contributed by atoms with Crippen molar-refractivity contribution in [3.05, 3.63) is 58.6 Å². The number of carbonyl (C=O) groups is 2. The number of nitrogens with zero attached hydrogens (tertiary/aromatic N) is 1. The van der Waals surface area contributed by atoms with Crippen LogP contribution < -0.4 is 5.32 Å². The minimum atomic E-state index is -2.40. The van der Waals surface area contributed by atoms with Gasteiger partial charge >= 0.3 is 5.97 Å². The topological polar surface area (TPSA) is 81.4 Å². The molecule has 1 aromatic heterocycles. The van der Waals surface area contributed by atoms with E-state index in [9.17, 15) is 9.59 Å². The van der Waals surface area contributed by atoms with Gasteiger partial charge in [0.2, 0.25) is 0 Å². The first-order chi connectivity index (χ1) is 15.1. The lowest BCUT2D eigenvalue weighted by Crippen LogP contribution is -2.42. The van der Waals surface area contributed by atoms with Crippen molar-refractivity contribution in [1.82, 2.24) is 5.16 Å². The molecule has 3 aromatic rings. The fraction of sp³-hybridized carbons (Fsp3) is 0.227. The monoisotopic (exact) mass is 514 g/mol. The van der Waals surface area contributed by atoms with Gasteiger partial charge in [0.05, 0.1) is 16.1 Å². The van der Waals surface area contributed by atoms with Gasteiger partial charge in [0.1, 0.15) is 5.69 Å². The highest BCUT2D eigenvalue weighted by Gasteiger charge is 2.44. The number of aromatic nitrogens is 1. The van der Waals surface area contributed by atoms with E-state index in [4.69, 9.17) is 55.7 Å². The number of ether oxygens (including phenoxy) is 1. The second-order valence-corrected chi connectivity index (χ2v) is 9.05. The first-order valence-corrected chi connectivity index (χ1v) is 11.1. The van der Waals surface area contributed by atoms with E-state index in [0.29, 0.717) is 44.7 Å². The van der Waals surface area contributed by atoms with Gasteiger partial charge in [0, 0.05) is 22.9 Å². The summed E-state index contributed by atoms with van der Waals surface area (Å²) in [5, 5.41) is 7.42. The lowest BCUT2D eigenvalue weighted by Gasteiger charge is -2.20. The highest BCUT2D eigenvalue weighted by Crippen LogP contribution is 2.36. The summed E-state index contributed by atoms with van der Waals surface area (Å²) in [6.45, 7) is 3.49. The number of hydrogen-bond acceptors (Lipinski definition) is 5. The van der Waals surface area contributed by atoms with Gasteiger partial charge in [0.25, 0.3) is 10.2 Å². The lowest BCUT2D eigenvalue weighted by atomic mass is 10.1. The second-order valence-electron chi connectivity index (χ2n) is 6.91. The van der Waals surface area contributed by atoms with Crippen LogP contribution in [0.3, 0.4) is 0 Å². The number of anilines is 1. The number of hydrogen-bond donors (Lipinski definition) is 1. The largest absolute Gasteiger partial charge is 0.460 e. The van der Waals surface area contributed by atoms with E-state index in [1.807, 2.05) is 6.92 Å². The molecule has 1 unspecified atom stereocenters. The molecule has 1 amide bonds. The van der Waals surface area contributed by atoms with Gasteiger partial charge in [-0.25, -0.2) is 4.79 Å². The number of halogens is 4. The summed E-state index contributed by atoms with van der Waals surface area (Å²) in [5.74, 6) is -1.57. The highest BCUT2D eigenvalue weighted by molar-refractivity contribution is 6.68. The van der Waals surface area contributed by atoms with Gasteiger partial charge in [-0.2, -0.15) is 0 Å². The minimum Gasteiger partial charge on any atom is -0.460 e. The van der Waals surface area contributed by atoms with E-state index in [0.717, 1.165) is 0 Å². The van der Waals surface area contributed by atoms with Crippen LogP contribution in [0.4, 0.5) is 5.69 Å². The van der Waals surface area contributed by atoms with E-state index < -0.39 is 22.3 Å². The maximum atomic E-state index is 12.5. The molecule has 0 saturated heterocycles. The molecule has 1 N–H and O–H groups in total. The third-order valence-electron chi connectivity index (χ3n) is 4.56. The molecule has 0 bridgehead atoms. The van der Waals surface area contributed by atoms with E-state index in [2.05, 4.69) is 10.5 Å². The fourth-order valence-corrected chi connectivity index (χ4v) is 3.44. The Balaban J connectivity index is 1.80. The normalized spacial score (nSPS) is 12.3. The first-order valence-electron chi connectivity index (χ1n) is 9.55. The van der Waals surface area contributed by atoms with Crippen molar-refractivity contribution in [3.63, 3.8) is 0 Å². The van der Waals surface area contributed by atoms with Crippen LogP contribution in [-0.4, -0.2) is 27.5 Å². The molecule has 32 heavy (non-hydrogen) atoms. The molecule has 1 heterocycles. The van der Waals surface area contributed by atoms with Gasteiger partial charge in [0.15, 0.2) is 5.76 Å². The van der Waals surface area contributed by atoms with E-state index >= 15 is 0 Å². The zero-order valence-electron chi connectivity index (χ0n) is 17.0. The Labute approximate surface area is 204 Å².